The van der Waals surface area contributed by atoms with Crippen molar-refractivity contribution in [1.82, 2.24) is 25.7 Å². The van der Waals surface area contributed by atoms with E-state index >= 15 is 0 Å². The summed E-state index contributed by atoms with van der Waals surface area (Å²) < 4.78 is 0. The molecule has 3 heterocycles. The summed E-state index contributed by atoms with van der Waals surface area (Å²) in [5.74, 6) is 0.767. The van der Waals surface area contributed by atoms with Gasteiger partial charge in [-0.15, -0.1) is 0 Å². The lowest BCUT2D eigenvalue weighted by Gasteiger charge is -2.29. The monoisotopic (exact) mass is 414 g/mol. The van der Waals surface area contributed by atoms with Gasteiger partial charge in [-0.2, -0.15) is 0 Å². The van der Waals surface area contributed by atoms with Crippen molar-refractivity contribution in [2.45, 2.75) is 31.8 Å². The van der Waals surface area contributed by atoms with E-state index in [1.165, 1.54) is 0 Å². The van der Waals surface area contributed by atoms with E-state index in [4.69, 9.17) is 16.6 Å². The topological polar surface area (TPSA) is 73.4 Å². The van der Waals surface area contributed by atoms with Crippen LogP contribution in [0.5, 0.6) is 0 Å². The predicted octanol–water partition coefficient (Wildman–Crippen LogP) is 2.64. The number of hydrogen-bond acceptors (Lipinski definition) is 6. The van der Waals surface area contributed by atoms with Crippen molar-refractivity contribution in [3.63, 3.8) is 0 Å². The number of amides is 1. The second kappa shape index (κ2) is 8.26. The second-order valence-corrected chi connectivity index (χ2v) is 8.42. The van der Waals surface area contributed by atoms with Gasteiger partial charge in [0.25, 0.3) is 0 Å². The van der Waals surface area contributed by atoms with Crippen LogP contribution in [-0.4, -0.2) is 54.0 Å². The Balaban J connectivity index is 1.74. The average Bonchev–Trinajstić information content (AvgIpc) is 3.36. The molecule has 0 spiro atoms. The number of rotatable bonds is 4. The predicted molar refractivity (Wildman–Crippen MR) is 115 cm³/mol. The molecule has 8 heteroatoms. The molecular weight excluding hydrogens is 388 g/mol. The van der Waals surface area contributed by atoms with E-state index < -0.39 is 0 Å². The standard InChI is InChI=1S/C21H27ClN6O/c1-13-16(12-24-26-13)20(29)28-10-4-5-18(28)19-17(11-23-21(25-19)27(2)3)14-6-8-15(22)9-7-14/h6-9,11,13,16,18,24,26H,4-5,10,12H2,1-3H3. The number of likely N-dealkylation sites (tertiary alicyclic amines) is 1. The maximum atomic E-state index is 13.3. The molecule has 2 saturated heterocycles. The summed E-state index contributed by atoms with van der Waals surface area (Å²) in [5, 5.41) is 0.689. The molecule has 1 aromatic carbocycles. The average molecular weight is 415 g/mol. The minimum Gasteiger partial charge on any atom is -0.347 e. The van der Waals surface area contributed by atoms with E-state index in [1.807, 2.05) is 61.3 Å². The number of hydrazine groups is 1. The quantitative estimate of drug-likeness (QED) is 0.801. The van der Waals surface area contributed by atoms with Gasteiger partial charge in [-0.05, 0) is 37.5 Å². The highest BCUT2D eigenvalue weighted by Gasteiger charge is 2.39. The van der Waals surface area contributed by atoms with Crippen molar-refractivity contribution >= 4 is 23.5 Å². The smallest absolute Gasteiger partial charge is 0.229 e. The zero-order chi connectivity index (χ0) is 20.5. The highest BCUT2D eigenvalue weighted by Crippen LogP contribution is 2.38. The fourth-order valence-electron chi connectivity index (χ4n) is 4.14. The zero-order valence-electron chi connectivity index (χ0n) is 17.0. The van der Waals surface area contributed by atoms with Crippen LogP contribution in [0.25, 0.3) is 11.1 Å². The minimum atomic E-state index is -0.0651. The van der Waals surface area contributed by atoms with Crippen LogP contribution in [0.2, 0.25) is 5.02 Å². The first-order chi connectivity index (χ1) is 14.0. The number of carbonyl (C=O) groups excluding carboxylic acids is 1. The molecule has 0 radical (unpaired) electrons. The fourth-order valence-corrected chi connectivity index (χ4v) is 4.27. The van der Waals surface area contributed by atoms with Crippen molar-refractivity contribution in [2.75, 3.05) is 32.1 Å². The van der Waals surface area contributed by atoms with Gasteiger partial charge < -0.3 is 9.80 Å². The molecule has 7 nitrogen and oxygen atoms in total. The lowest BCUT2D eigenvalue weighted by atomic mass is 9.97. The van der Waals surface area contributed by atoms with Crippen molar-refractivity contribution < 1.29 is 4.79 Å². The van der Waals surface area contributed by atoms with Gasteiger partial charge in [-0.3, -0.25) is 15.6 Å². The fraction of sp³-hybridized carbons (Fsp3) is 0.476. The summed E-state index contributed by atoms with van der Waals surface area (Å²) in [4.78, 5) is 26.6. The lowest BCUT2D eigenvalue weighted by molar-refractivity contribution is -0.136. The third kappa shape index (κ3) is 3.95. The Morgan fingerprint density at radius 3 is 2.69 bits per heavy atom. The van der Waals surface area contributed by atoms with E-state index in [2.05, 4.69) is 15.8 Å². The molecule has 2 N–H and O–H groups in total. The molecule has 3 unspecified atom stereocenters. The van der Waals surface area contributed by atoms with Gasteiger partial charge in [0.1, 0.15) is 0 Å². The van der Waals surface area contributed by atoms with E-state index in [-0.39, 0.29) is 23.9 Å². The van der Waals surface area contributed by atoms with Crippen LogP contribution < -0.4 is 15.8 Å². The largest absolute Gasteiger partial charge is 0.347 e. The highest BCUT2D eigenvalue weighted by molar-refractivity contribution is 6.30. The summed E-state index contributed by atoms with van der Waals surface area (Å²) in [6.07, 6.45) is 3.74. The molecule has 2 aromatic rings. The number of halogens is 1. The Morgan fingerprint density at radius 2 is 2.03 bits per heavy atom. The van der Waals surface area contributed by atoms with Crippen LogP contribution in [0.4, 0.5) is 5.95 Å². The SMILES string of the molecule is CC1NNCC1C(=O)N1CCCC1c1nc(N(C)C)ncc1-c1ccc(Cl)cc1. The molecule has 2 aliphatic rings. The van der Waals surface area contributed by atoms with Crippen molar-refractivity contribution in [3.05, 3.63) is 41.2 Å². The molecular formula is C21H27ClN6O. The molecule has 0 aliphatic carbocycles. The van der Waals surface area contributed by atoms with Gasteiger partial charge in [0.15, 0.2) is 0 Å². The lowest BCUT2D eigenvalue weighted by Crippen LogP contribution is -2.41. The van der Waals surface area contributed by atoms with E-state index in [0.29, 0.717) is 17.5 Å². The summed E-state index contributed by atoms with van der Waals surface area (Å²) >= 11 is 6.08. The molecule has 4 rings (SSSR count). The summed E-state index contributed by atoms with van der Waals surface area (Å²) in [7, 11) is 3.85. The van der Waals surface area contributed by atoms with E-state index in [0.717, 1.165) is 36.2 Å². The third-order valence-electron chi connectivity index (χ3n) is 5.78. The normalized spacial score (nSPS) is 24.1. The number of nitrogens with zero attached hydrogens (tertiary/aromatic N) is 4. The zero-order valence-corrected chi connectivity index (χ0v) is 17.8. The van der Waals surface area contributed by atoms with Gasteiger partial charge in [-0.1, -0.05) is 23.7 Å². The van der Waals surface area contributed by atoms with Crippen LogP contribution in [0.3, 0.4) is 0 Å². The molecule has 154 valence electrons. The number of anilines is 1. The number of aromatic nitrogens is 2. The van der Waals surface area contributed by atoms with Crippen LogP contribution in [0, 0.1) is 5.92 Å². The molecule has 3 atom stereocenters. The Labute approximate surface area is 176 Å². The number of carbonyl (C=O) groups is 1. The number of benzene rings is 1. The van der Waals surface area contributed by atoms with Crippen molar-refractivity contribution in [1.29, 1.82) is 0 Å². The Hall–Kier alpha value is -2.22. The van der Waals surface area contributed by atoms with Crippen molar-refractivity contribution in [3.8, 4) is 11.1 Å². The molecule has 0 saturated carbocycles. The molecule has 29 heavy (non-hydrogen) atoms. The number of hydrogen-bond donors (Lipinski definition) is 2. The maximum Gasteiger partial charge on any atom is 0.229 e. The van der Waals surface area contributed by atoms with Gasteiger partial charge >= 0.3 is 0 Å². The van der Waals surface area contributed by atoms with E-state index in [1.54, 1.807) is 0 Å². The number of nitrogens with one attached hydrogen (secondary N) is 2. The highest BCUT2D eigenvalue weighted by atomic mass is 35.5. The molecule has 2 aliphatic heterocycles. The van der Waals surface area contributed by atoms with Gasteiger partial charge in [-0.25, -0.2) is 9.97 Å². The summed E-state index contributed by atoms with van der Waals surface area (Å²) in [6, 6.07) is 7.76. The summed E-state index contributed by atoms with van der Waals surface area (Å²) in [5.41, 5.74) is 9.12. The van der Waals surface area contributed by atoms with Crippen LogP contribution in [0.15, 0.2) is 30.5 Å². The maximum absolute atomic E-state index is 13.3. The second-order valence-electron chi connectivity index (χ2n) is 7.98. The Bertz CT molecular complexity index is 887. The third-order valence-corrected chi connectivity index (χ3v) is 6.04. The minimum absolute atomic E-state index is 0.0531. The van der Waals surface area contributed by atoms with Crippen LogP contribution in [0.1, 0.15) is 31.5 Å². The summed E-state index contributed by atoms with van der Waals surface area (Å²) in [6.45, 7) is 3.45. The Kier molecular flexibility index (Phi) is 5.72. The Morgan fingerprint density at radius 1 is 1.28 bits per heavy atom. The van der Waals surface area contributed by atoms with Gasteiger partial charge in [0.2, 0.25) is 11.9 Å². The first-order valence-electron chi connectivity index (χ1n) is 10.0. The molecule has 2 fully saturated rings. The molecule has 1 amide bonds. The first-order valence-corrected chi connectivity index (χ1v) is 10.4. The van der Waals surface area contributed by atoms with E-state index in [9.17, 15) is 4.79 Å². The van der Waals surface area contributed by atoms with Crippen LogP contribution >= 0.6 is 11.6 Å². The van der Waals surface area contributed by atoms with Crippen molar-refractivity contribution in [2.24, 2.45) is 5.92 Å². The van der Waals surface area contributed by atoms with Crippen LogP contribution in [-0.2, 0) is 4.79 Å². The first kappa shape index (κ1) is 20.1. The van der Waals surface area contributed by atoms with Gasteiger partial charge in [0, 0.05) is 50.0 Å². The molecule has 0 bridgehead atoms. The van der Waals surface area contributed by atoms with Gasteiger partial charge in [0.05, 0.1) is 17.7 Å². The molecule has 1 aromatic heterocycles.